The largest absolute Gasteiger partial charge is 0.368 e. The molecule has 20 heavy (non-hydrogen) atoms. The van der Waals surface area contributed by atoms with Crippen LogP contribution in [-0.2, 0) is 0 Å². The van der Waals surface area contributed by atoms with Crippen LogP contribution in [0, 0.1) is 6.92 Å². The maximum Gasteiger partial charge on any atom is 0.224 e. The number of aromatic nitrogens is 3. The van der Waals surface area contributed by atoms with Gasteiger partial charge in [-0.25, -0.2) is 4.98 Å². The summed E-state index contributed by atoms with van der Waals surface area (Å²) in [5.74, 6) is 1.43. The lowest BCUT2D eigenvalue weighted by Crippen LogP contribution is -2.02. The highest BCUT2D eigenvalue weighted by atomic mass is 15.1. The number of nitrogens with two attached hydrogens (primary N) is 1. The molecule has 3 rings (SSSR count). The minimum Gasteiger partial charge on any atom is -0.368 e. The lowest BCUT2D eigenvalue weighted by molar-refractivity contribution is 1.08. The first-order valence-corrected chi connectivity index (χ1v) is 6.37. The number of rotatable bonds is 2. The molecule has 0 bridgehead atoms. The van der Waals surface area contributed by atoms with E-state index >= 15 is 0 Å². The zero-order valence-electron chi connectivity index (χ0n) is 11.1. The smallest absolute Gasteiger partial charge is 0.224 e. The Labute approximate surface area is 117 Å². The Kier molecular flexibility index (Phi) is 3.13. The number of nitrogen functional groups attached to an aromatic ring is 1. The van der Waals surface area contributed by atoms with E-state index in [4.69, 9.17) is 5.73 Å². The molecule has 0 spiro atoms. The second-order valence-corrected chi connectivity index (χ2v) is 4.52. The van der Waals surface area contributed by atoms with Crippen molar-refractivity contribution >= 4 is 5.95 Å². The monoisotopic (exact) mass is 262 g/mol. The minimum atomic E-state index is 0.233. The molecule has 3 aromatic rings. The van der Waals surface area contributed by atoms with E-state index in [1.165, 1.54) is 0 Å². The Balaban J connectivity index is 2.15. The molecule has 0 saturated carbocycles. The van der Waals surface area contributed by atoms with Gasteiger partial charge in [-0.3, -0.25) is 0 Å². The predicted octanol–water partition coefficient (Wildman–Crippen LogP) is 3.10. The van der Waals surface area contributed by atoms with E-state index in [-0.39, 0.29) is 5.95 Å². The SMILES string of the molecule is Cc1ccccc1-c1nc(N)nc(-c2ccccc2)n1. The molecule has 0 radical (unpaired) electrons. The van der Waals surface area contributed by atoms with Gasteiger partial charge in [-0.15, -0.1) is 0 Å². The molecule has 0 saturated heterocycles. The first kappa shape index (κ1) is 12.3. The fourth-order valence-electron chi connectivity index (χ4n) is 2.05. The Bertz CT molecular complexity index is 738. The van der Waals surface area contributed by atoms with Crippen LogP contribution in [0.4, 0.5) is 5.95 Å². The number of benzene rings is 2. The topological polar surface area (TPSA) is 64.7 Å². The van der Waals surface area contributed by atoms with Crippen LogP contribution < -0.4 is 5.73 Å². The average Bonchev–Trinajstić information content (AvgIpc) is 2.48. The molecule has 2 aromatic carbocycles. The Morgan fingerprint density at radius 1 is 0.750 bits per heavy atom. The molecule has 0 aliphatic heterocycles. The van der Waals surface area contributed by atoms with Crippen LogP contribution in [0.25, 0.3) is 22.8 Å². The molecule has 0 atom stereocenters. The maximum absolute atomic E-state index is 5.82. The van der Waals surface area contributed by atoms with Gasteiger partial charge < -0.3 is 5.73 Å². The van der Waals surface area contributed by atoms with Gasteiger partial charge in [0.1, 0.15) is 0 Å². The summed E-state index contributed by atoms with van der Waals surface area (Å²) in [6, 6.07) is 17.7. The van der Waals surface area contributed by atoms with E-state index in [0.717, 1.165) is 16.7 Å². The van der Waals surface area contributed by atoms with Gasteiger partial charge >= 0.3 is 0 Å². The van der Waals surface area contributed by atoms with Crippen molar-refractivity contribution in [3.8, 4) is 22.8 Å². The highest BCUT2D eigenvalue weighted by Gasteiger charge is 2.09. The van der Waals surface area contributed by atoms with Crippen molar-refractivity contribution in [1.29, 1.82) is 0 Å². The summed E-state index contributed by atoms with van der Waals surface area (Å²) in [4.78, 5) is 13.0. The van der Waals surface area contributed by atoms with Gasteiger partial charge in [0.05, 0.1) is 0 Å². The number of aryl methyl sites for hydroxylation is 1. The molecule has 98 valence electrons. The first-order valence-electron chi connectivity index (χ1n) is 6.37. The number of hydrogen-bond acceptors (Lipinski definition) is 4. The third-order valence-corrected chi connectivity index (χ3v) is 3.07. The molecule has 2 N–H and O–H groups in total. The lowest BCUT2D eigenvalue weighted by atomic mass is 10.1. The van der Waals surface area contributed by atoms with Crippen LogP contribution >= 0.6 is 0 Å². The van der Waals surface area contributed by atoms with E-state index < -0.39 is 0 Å². The van der Waals surface area contributed by atoms with Crippen LogP contribution in [0.3, 0.4) is 0 Å². The van der Waals surface area contributed by atoms with Gasteiger partial charge in [-0.2, -0.15) is 9.97 Å². The summed E-state index contributed by atoms with van der Waals surface area (Å²) in [5, 5.41) is 0. The molecular formula is C16H14N4. The molecule has 0 fully saturated rings. The Morgan fingerprint density at radius 2 is 1.40 bits per heavy atom. The number of nitrogens with zero attached hydrogens (tertiary/aromatic N) is 3. The third-order valence-electron chi connectivity index (χ3n) is 3.07. The van der Waals surface area contributed by atoms with Gasteiger partial charge in [0.15, 0.2) is 11.6 Å². The first-order chi connectivity index (χ1) is 9.74. The predicted molar refractivity (Wildman–Crippen MR) is 79.8 cm³/mol. The standard InChI is InChI=1S/C16H14N4/c1-11-7-5-6-10-13(11)15-18-14(19-16(17)20-15)12-8-3-2-4-9-12/h2-10H,1H3,(H2,17,18,19,20). The normalized spacial score (nSPS) is 10.4. The minimum absolute atomic E-state index is 0.233. The zero-order chi connectivity index (χ0) is 13.9. The van der Waals surface area contributed by atoms with Gasteiger partial charge in [-0.05, 0) is 12.5 Å². The van der Waals surface area contributed by atoms with Crippen molar-refractivity contribution in [1.82, 2.24) is 15.0 Å². The third kappa shape index (κ3) is 2.36. The van der Waals surface area contributed by atoms with Crippen LogP contribution in [0.15, 0.2) is 54.6 Å². The van der Waals surface area contributed by atoms with Crippen molar-refractivity contribution in [2.75, 3.05) is 5.73 Å². The van der Waals surface area contributed by atoms with E-state index in [2.05, 4.69) is 15.0 Å². The molecule has 1 heterocycles. The van der Waals surface area contributed by atoms with Crippen LogP contribution in [0.5, 0.6) is 0 Å². The molecule has 0 aliphatic rings. The van der Waals surface area contributed by atoms with Crippen molar-refractivity contribution in [3.63, 3.8) is 0 Å². The Morgan fingerprint density at radius 3 is 2.15 bits per heavy atom. The number of hydrogen-bond donors (Lipinski definition) is 1. The average molecular weight is 262 g/mol. The second-order valence-electron chi connectivity index (χ2n) is 4.52. The van der Waals surface area contributed by atoms with Crippen molar-refractivity contribution < 1.29 is 0 Å². The summed E-state index contributed by atoms with van der Waals surface area (Å²) in [6.45, 7) is 2.03. The second kappa shape index (κ2) is 5.09. The zero-order valence-corrected chi connectivity index (χ0v) is 11.1. The van der Waals surface area contributed by atoms with Crippen LogP contribution in [-0.4, -0.2) is 15.0 Å². The maximum atomic E-state index is 5.82. The van der Waals surface area contributed by atoms with E-state index in [0.29, 0.717) is 11.6 Å². The summed E-state index contributed by atoms with van der Waals surface area (Å²) >= 11 is 0. The van der Waals surface area contributed by atoms with Crippen molar-refractivity contribution in [2.24, 2.45) is 0 Å². The lowest BCUT2D eigenvalue weighted by Gasteiger charge is -2.07. The fourth-order valence-corrected chi connectivity index (χ4v) is 2.05. The van der Waals surface area contributed by atoms with Crippen LogP contribution in [0.1, 0.15) is 5.56 Å². The summed E-state index contributed by atoms with van der Waals surface area (Å²) < 4.78 is 0. The van der Waals surface area contributed by atoms with E-state index in [1.54, 1.807) is 0 Å². The van der Waals surface area contributed by atoms with Crippen LogP contribution in [0.2, 0.25) is 0 Å². The van der Waals surface area contributed by atoms with Crippen molar-refractivity contribution in [2.45, 2.75) is 6.92 Å². The highest BCUT2D eigenvalue weighted by molar-refractivity contribution is 5.64. The van der Waals surface area contributed by atoms with Gasteiger partial charge in [0.2, 0.25) is 5.95 Å². The Hall–Kier alpha value is -2.75. The summed E-state index contributed by atoms with van der Waals surface area (Å²) in [6.07, 6.45) is 0. The summed E-state index contributed by atoms with van der Waals surface area (Å²) in [7, 11) is 0. The summed E-state index contributed by atoms with van der Waals surface area (Å²) in [5.41, 5.74) is 8.83. The van der Waals surface area contributed by atoms with Gasteiger partial charge in [0.25, 0.3) is 0 Å². The van der Waals surface area contributed by atoms with E-state index in [9.17, 15) is 0 Å². The van der Waals surface area contributed by atoms with Gasteiger partial charge in [0, 0.05) is 11.1 Å². The molecule has 4 heteroatoms. The quantitative estimate of drug-likeness (QED) is 0.770. The van der Waals surface area contributed by atoms with Crippen molar-refractivity contribution in [3.05, 3.63) is 60.2 Å². The van der Waals surface area contributed by atoms with Gasteiger partial charge in [-0.1, -0.05) is 54.6 Å². The highest BCUT2D eigenvalue weighted by Crippen LogP contribution is 2.22. The molecule has 4 nitrogen and oxygen atoms in total. The van der Waals surface area contributed by atoms with E-state index in [1.807, 2.05) is 61.5 Å². The fraction of sp³-hybridized carbons (Fsp3) is 0.0625. The molecular weight excluding hydrogens is 248 g/mol. The molecule has 1 aromatic heterocycles. The molecule has 0 unspecified atom stereocenters. The molecule has 0 amide bonds. The molecule has 0 aliphatic carbocycles. The number of anilines is 1.